The molecule has 1 amide bonds. The number of halogens is 2. The molecule has 6 nitrogen and oxygen atoms in total. The van der Waals surface area contributed by atoms with E-state index in [0.717, 1.165) is 24.7 Å². The van der Waals surface area contributed by atoms with Gasteiger partial charge in [-0.1, -0.05) is 0 Å². The fourth-order valence-electron chi connectivity index (χ4n) is 4.82. The monoisotopic (exact) mass is 424 g/mol. The van der Waals surface area contributed by atoms with Gasteiger partial charge in [0.25, 0.3) is 0 Å². The fourth-order valence-corrected chi connectivity index (χ4v) is 4.82. The molecular formula is C23H22F2N4O2. The number of nitrogens with zero attached hydrogens (tertiary/aromatic N) is 4. The first-order valence-corrected chi connectivity index (χ1v) is 10.5. The summed E-state index contributed by atoms with van der Waals surface area (Å²) in [6.07, 6.45) is 4.82. The summed E-state index contributed by atoms with van der Waals surface area (Å²) in [5, 5.41) is 8.97. The first-order chi connectivity index (χ1) is 15.0. The molecule has 1 aromatic carbocycles. The number of ether oxygens (including phenoxy) is 1. The average molecular weight is 424 g/mol. The van der Waals surface area contributed by atoms with E-state index in [2.05, 4.69) is 16.0 Å². The van der Waals surface area contributed by atoms with Gasteiger partial charge in [0.2, 0.25) is 5.91 Å². The van der Waals surface area contributed by atoms with Gasteiger partial charge >= 0.3 is 0 Å². The Labute approximate surface area is 179 Å². The van der Waals surface area contributed by atoms with Crippen LogP contribution in [0.25, 0.3) is 0 Å². The smallest absolute Gasteiger partial charge is 0.248 e. The van der Waals surface area contributed by atoms with E-state index in [1.165, 1.54) is 12.1 Å². The van der Waals surface area contributed by atoms with E-state index in [0.29, 0.717) is 37.1 Å². The van der Waals surface area contributed by atoms with Crippen LogP contribution in [0.2, 0.25) is 0 Å². The molecular weight excluding hydrogens is 402 g/mol. The summed E-state index contributed by atoms with van der Waals surface area (Å²) in [5.74, 6) is -0.548. The molecule has 1 unspecified atom stereocenters. The molecule has 1 aliphatic carbocycles. The van der Waals surface area contributed by atoms with Crippen molar-refractivity contribution in [1.29, 1.82) is 5.26 Å². The Balaban J connectivity index is 1.22. The molecule has 0 spiro atoms. The first-order valence-electron chi connectivity index (χ1n) is 10.5. The van der Waals surface area contributed by atoms with Crippen LogP contribution in [0.3, 0.4) is 0 Å². The number of nitriles is 1. The van der Waals surface area contributed by atoms with E-state index in [4.69, 9.17) is 10.00 Å². The topological polar surface area (TPSA) is 69.5 Å². The lowest BCUT2D eigenvalue weighted by atomic mass is 10.1. The zero-order chi connectivity index (χ0) is 21.6. The number of carbonyl (C=O) groups is 1. The number of rotatable bonds is 5. The van der Waals surface area contributed by atoms with E-state index in [9.17, 15) is 13.6 Å². The molecule has 3 heterocycles. The summed E-state index contributed by atoms with van der Waals surface area (Å²) in [5.41, 5.74) is 0.218. The third kappa shape index (κ3) is 3.74. The Bertz CT molecular complexity index is 1010. The molecule has 0 N–H and O–H groups in total. The van der Waals surface area contributed by atoms with Crippen LogP contribution in [0.4, 0.5) is 14.6 Å². The third-order valence-electron chi connectivity index (χ3n) is 6.54. The van der Waals surface area contributed by atoms with E-state index in [1.54, 1.807) is 12.3 Å². The minimum atomic E-state index is -0.758. The zero-order valence-corrected chi connectivity index (χ0v) is 16.9. The number of hydrogen-bond donors (Lipinski definition) is 0. The highest BCUT2D eigenvalue weighted by molar-refractivity contribution is 5.78. The predicted molar refractivity (Wildman–Crippen MR) is 108 cm³/mol. The van der Waals surface area contributed by atoms with Crippen molar-refractivity contribution in [1.82, 2.24) is 9.88 Å². The molecule has 1 saturated carbocycles. The Kier molecular flexibility index (Phi) is 4.86. The van der Waals surface area contributed by atoms with E-state index >= 15 is 0 Å². The summed E-state index contributed by atoms with van der Waals surface area (Å²) < 4.78 is 33.1. The number of amides is 1. The second kappa shape index (κ2) is 7.57. The largest absolute Gasteiger partial charge is 0.360 e. The van der Waals surface area contributed by atoms with Crippen molar-refractivity contribution in [3.05, 3.63) is 59.3 Å². The van der Waals surface area contributed by atoms with Crippen LogP contribution in [0.1, 0.15) is 36.8 Å². The van der Waals surface area contributed by atoms with E-state index in [-0.39, 0.29) is 24.6 Å². The summed E-state index contributed by atoms with van der Waals surface area (Å²) in [6, 6.07) is 9.45. The first kappa shape index (κ1) is 19.9. The van der Waals surface area contributed by atoms with Gasteiger partial charge < -0.3 is 14.5 Å². The number of likely N-dealkylation sites (tertiary alicyclic amines) is 1. The minimum Gasteiger partial charge on any atom is -0.360 e. The number of carbonyl (C=O) groups excluding carboxylic acids is 1. The molecule has 2 aromatic rings. The van der Waals surface area contributed by atoms with Crippen LogP contribution >= 0.6 is 0 Å². The molecule has 0 radical (unpaired) electrons. The highest BCUT2D eigenvalue weighted by Crippen LogP contribution is 2.49. The summed E-state index contributed by atoms with van der Waals surface area (Å²) in [4.78, 5) is 21.4. The Morgan fingerprint density at radius 1 is 1.16 bits per heavy atom. The number of hydrogen-bond acceptors (Lipinski definition) is 5. The van der Waals surface area contributed by atoms with Crippen LogP contribution in [0.15, 0.2) is 36.5 Å². The molecule has 5 rings (SSSR count). The maximum absolute atomic E-state index is 13.6. The van der Waals surface area contributed by atoms with Gasteiger partial charge in [-0.25, -0.2) is 13.8 Å². The van der Waals surface area contributed by atoms with Gasteiger partial charge in [0.15, 0.2) is 0 Å². The summed E-state index contributed by atoms with van der Waals surface area (Å²) in [6.45, 7) is 1.07. The van der Waals surface area contributed by atoms with Gasteiger partial charge in [-0.3, -0.25) is 4.79 Å². The van der Waals surface area contributed by atoms with Crippen molar-refractivity contribution in [2.24, 2.45) is 0 Å². The molecule has 3 aliphatic rings. The number of benzene rings is 1. The minimum absolute atomic E-state index is 0.104. The Hall–Kier alpha value is -3.05. The zero-order valence-electron chi connectivity index (χ0n) is 16.9. The van der Waals surface area contributed by atoms with Crippen molar-refractivity contribution >= 4 is 11.7 Å². The molecule has 31 heavy (non-hydrogen) atoms. The number of aromatic nitrogens is 1. The second-order valence-electron chi connectivity index (χ2n) is 8.55. The quantitative estimate of drug-likeness (QED) is 0.738. The summed E-state index contributed by atoms with van der Waals surface area (Å²) in [7, 11) is 0. The highest BCUT2D eigenvalue weighted by Gasteiger charge is 2.47. The molecule has 2 aliphatic heterocycles. The normalized spacial score (nSPS) is 23.5. The third-order valence-corrected chi connectivity index (χ3v) is 6.54. The van der Waals surface area contributed by atoms with Crippen LogP contribution in [0, 0.1) is 23.0 Å². The maximum Gasteiger partial charge on any atom is 0.248 e. The van der Waals surface area contributed by atoms with E-state index < -0.39 is 17.2 Å². The lowest BCUT2D eigenvalue weighted by Crippen LogP contribution is -2.56. The van der Waals surface area contributed by atoms with Crippen LogP contribution in [-0.4, -0.2) is 47.6 Å². The molecule has 2 atom stereocenters. The number of fused-ring (bicyclic) bond motifs is 2. The molecule has 1 aromatic heterocycles. The van der Waals surface area contributed by atoms with Crippen LogP contribution < -0.4 is 4.90 Å². The lowest BCUT2D eigenvalue weighted by molar-refractivity contribution is -0.140. The number of anilines is 1. The fraction of sp³-hybridized carbons (Fsp3) is 0.435. The second-order valence-corrected chi connectivity index (χ2v) is 8.55. The van der Waals surface area contributed by atoms with Gasteiger partial charge in [-0.15, -0.1) is 0 Å². The van der Waals surface area contributed by atoms with Gasteiger partial charge in [0.1, 0.15) is 30.1 Å². The van der Waals surface area contributed by atoms with Gasteiger partial charge in [0, 0.05) is 37.4 Å². The van der Waals surface area contributed by atoms with Crippen LogP contribution in [-0.2, 0) is 15.1 Å². The molecule has 2 bridgehead atoms. The molecule has 8 heteroatoms. The number of piperazine rings is 1. The van der Waals surface area contributed by atoms with Gasteiger partial charge in [-0.2, -0.15) is 5.26 Å². The number of pyridine rings is 1. The molecule has 3 fully saturated rings. The Morgan fingerprint density at radius 2 is 1.84 bits per heavy atom. The average Bonchev–Trinajstić information content (AvgIpc) is 3.51. The van der Waals surface area contributed by atoms with Crippen molar-refractivity contribution < 1.29 is 18.3 Å². The molecule has 160 valence electrons. The standard InChI is InChI=1S/C23H22F2N4O2/c24-17-7-16(8-18(25)9-17)23(5-6-23)31-14-22(30)28-12-19-2-3-20(13-28)29(19)21-4-1-15(10-26)11-27-21/h1,4,7-9,11,19-20H,2-3,5-6,12-14H2/t19-,20?/m0/s1. The highest BCUT2D eigenvalue weighted by atomic mass is 19.1. The SMILES string of the molecule is N#Cc1ccc(N2C3CC[C@H]2CN(C(=O)COC2(c4cc(F)cc(F)c4)CC2)C3)nc1. The lowest BCUT2D eigenvalue weighted by Gasteiger charge is -2.41. The van der Waals surface area contributed by atoms with Crippen molar-refractivity contribution in [2.45, 2.75) is 43.4 Å². The van der Waals surface area contributed by atoms with Gasteiger partial charge in [0.05, 0.1) is 11.2 Å². The van der Waals surface area contributed by atoms with Crippen LogP contribution in [0.5, 0.6) is 0 Å². The van der Waals surface area contributed by atoms with Gasteiger partial charge in [-0.05, 0) is 55.5 Å². The van der Waals surface area contributed by atoms with Crippen molar-refractivity contribution in [2.75, 3.05) is 24.6 Å². The maximum atomic E-state index is 13.6. The summed E-state index contributed by atoms with van der Waals surface area (Å²) >= 11 is 0. The van der Waals surface area contributed by atoms with Crippen molar-refractivity contribution in [3.8, 4) is 6.07 Å². The Morgan fingerprint density at radius 3 is 2.39 bits per heavy atom. The predicted octanol–water partition coefficient (Wildman–Crippen LogP) is 3.12. The molecule has 2 saturated heterocycles. The van der Waals surface area contributed by atoms with Crippen molar-refractivity contribution in [3.63, 3.8) is 0 Å². The van der Waals surface area contributed by atoms with E-state index in [1.807, 2.05) is 11.0 Å².